The van der Waals surface area contributed by atoms with Crippen LogP contribution in [0.25, 0.3) is 10.6 Å². The number of halogens is 1. The number of rotatable bonds is 5. The molecule has 1 amide bonds. The van der Waals surface area contributed by atoms with Gasteiger partial charge in [-0.1, -0.05) is 42.5 Å². The molecular formula is C22H21FN2OS. The fourth-order valence-corrected chi connectivity index (χ4v) is 4.48. The smallest absolute Gasteiger partial charge is 0.228 e. The van der Waals surface area contributed by atoms with Crippen LogP contribution in [0.2, 0.25) is 0 Å². The number of likely N-dealkylation sites (tertiary alicyclic amines) is 1. The average Bonchev–Trinajstić information content (AvgIpc) is 3.32. The van der Waals surface area contributed by atoms with Crippen molar-refractivity contribution in [3.63, 3.8) is 0 Å². The van der Waals surface area contributed by atoms with E-state index in [9.17, 15) is 9.18 Å². The van der Waals surface area contributed by atoms with E-state index in [1.165, 1.54) is 29.0 Å². The van der Waals surface area contributed by atoms with Gasteiger partial charge in [-0.2, -0.15) is 0 Å². The van der Waals surface area contributed by atoms with Gasteiger partial charge in [0.15, 0.2) is 0 Å². The van der Waals surface area contributed by atoms with E-state index >= 15 is 0 Å². The van der Waals surface area contributed by atoms with Gasteiger partial charge in [0.25, 0.3) is 0 Å². The van der Waals surface area contributed by atoms with Crippen molar-refractivity contribution in [3.8, 4) is 10.6 Å². The number of hydrogen-bond donors (Lipinski definition) is 0. The lowest BCUT2D eigenvalue weighted by Gasteiger charge is -2.24. The maximum Gasteiger partial charge on any atom is 0.228 e. The molecule has 5 heteroatoms. The molecule has 3 aromatic rings. The molecule has 0 aliphatic carbocycles. The zero-order valence-corrected chi connectivity index (χ0v) is 15.8. The molecular weight excluding hydrogens is 359 g/mol. The highest BCUT2D eigenvalue weighted by molar-refractivity contribution is 7.13. The van der Waals surface area contributed by atoms with E-state index in [1.807, 2.05) is 34.5 Å². The molecule has 1 fully saturated rings. The summed E-state index contributed by atoms with van der Waals surface area (Å²) in [5.74, 6) is -0.148. The molecule has 1 aliphatic heterocycles. The second kappa shape index (κ2) is 8.01. The summed E-state index contributed by atoms with van der Waals surface area (Å²) >= 11 is 1.45. The van der Waals surface area contributed by atoms with Crippen molar-refractivity contribution in [1.29, 1.82) is 0 Å². The van der Waals surface area contributed by atoms with Crippen LogP contribution in [0.1, 0.15) is 24.1 Å². The molecule has 0 bridgehead atoms. The molecule has 0 spiro atoms. The molecule has 27 heavy (non-hydrogen) atoms. The Kier molecular flexibility index (Phi) is 5.30. The lowest BCUT2D eigenvalue weighted by molar-refractivity contribution is -0.131. The molecule has 1 aromatic heterocycles. The second-order valence-electron chi connectivity index (χ2n) is 6.90. The van der Waals surface area contributed by atoms with Gasteiger partial charge < -0.3 is 4.90 Å². The molecule has 2 aromatic carbocycles. The first-order valence-corrected chi connectivity index (χ1v) is 10.1. The van der Waals surface area contributed by atoms with Crippen LogP contribution in [0.5, 0.6) is 0 Å². The fraction of sp³-hybridized carbons (Fsp3) is 0.273. The van der Waals surface area contributed by atoms with E-state index in [1.54, 1.807) is 6.07 Å². The van der Waals surface area contributed by atoms with Crippen LogP contribution in [-0.2, 0) is 17.6 Å². The third-order valence-electron chi connectivity index (χ3n) is 4.97. The van der Waals surface area contributed by atoms with Crippen LogP contribution in [0, 0.1) is 5.82 Å². The monoisotopic (exact) mass is 380 g/mol. The van der Waals surface area contributed by atoms with Crippen molar-refractivity contribution in [2.75, 3.05) is 6.54 Å². The van der Waals surface area contributed by atoms with Crippen molar-refractivity contribution in [3.05, 3.63) is 77.1 Å². The van der Waals surface area contributed by atoms with Gasteiger partial charge in [-0.05, 0) is 37.0 Å². The van der Waals surface area contributed by atoms with E-state index < -0.39 is 0 Å². The molecule has 3 nitrogen and oxygen atoms in total. The Labute approximate surface area is 162 Å². The predicted octanol–water partition coefficient (Wildman–Crippen LogP) is 4.73. The Bertz CT molecular complexity index is 925. The van der Waals surface area contributed by atoms with E-state index in [2.05, 4.69) is 17.1 Å². The second-order valence-corrected chi connectivity index (χ2v) is 7.76. The maximum atomic E-state index is 13.4. The Hall–Kier alpha value is -2.53. The number of aromatic nitrogens is 1. The van der Waals surface area contributed by atoms with Crippen LogP contribution < -0.4 is 0 Å². The Morgan fingerprint density at radius 1 is 1.19 bits per heavy atom. The summed E-state index contributed by atoms with van der Waals surface area (Å²) in [7, 11) is 0. The highest BCUT2D eigenvalue weighted by Crippen LogP contribution is 2.26. The van der Waals surface area contributed by atoms with Crippen molar-refractivity contribution in [2.45, 2.75) is 31.7 Å². The topological polar surface area (TPSA) is 33.2 Å². The molecule has 1 saturated heterocycles. The normalized spacial score (nSPS) is 16.6. The minimum absolute atomic E-state index is 0.129. The van der Waals surface area contributed by atoms with Crippen molar-refractivity contribution < 1.29 is 9.18 Å². The first-order valence-electron chi connectivity index (χ1n) is 9.23. The standard InChI is InChI=1S/C22H21FN2OS/c23-18-9-4-8-17(13-18)22-24-19(15-27-22)14-21(26)25-11-5-10-20(25)12-16-6-2-1-3-7-16/h1-4,6-9,13,15,20H,5,10-12,14H2. The zero-order valence-electron chi connectivity index (χ0n) is 15.0. The summed E-state index contributed by atoms with van der Waals surface area (Å²) in [6.45, 7) is 0.817. The molecule has 0 saturated carbocycles. The van der Waals surface area contributed by atoms with Crippen LogP contribution in [-0.4, -0.2) is 28.4 Å². The summed E-state index contributed by atoms with van der Waals surface area (Å²) in [5, 5.41) is 2.65. The minimum atomic E-state index is -0.277. The highest BCUT2D eigenvalue weighted by atomic mass is 32.1. The molecule has 0 radical (unpaired) electrons. The lowest BCUT2D eigenvalue weighted by Crippen LogP contribution is -2.37. The summed E-state index contributed by atoms with van der Waals surface area (Å²) < 4.78 is 13.4. The molecule has 2 heterocycles. The summed E-state index contributed by atoms with van der Waals surface area (Å²) in [4.78, 5) is 19.4. The van der Waals surface area contributed by atoms with E-state index in [-0.39, 0.29) is 17.8 Å². The predicted molar refractivity (Wildman–Crippen MR) is 106 cm³/mol. The Morgan fingerprint density at radius 2 is 2.04 bits per heavy atom. The van der Waals surface area contributed by atoms with Crippen LogP contribution in [0.15, 0.2) is 60.0 Å². The largest absolute Gasteiger partial charge is 0.339 e. The number of benzene rings is 2. The number of carbonyl (C=O) groups excluding carboxylic acids is 1. The minimum Gasteiger partial charge on any atom is -0.339 e. The van der Waals surface area contributed by atoms with Gasteiger partial charge in [0.05, 0.1) is 12.1 Å². The number of thiazole rings is 1. The Morgan fingerprint density at radius 3 is 2.85 bits per heavy atom. The third kappa shape index (κ3) is 4.25. The van der Waals surface area contributed by atoms with Gasteiger partial charge in [-0.3, -0.25) is 4.79 Å². The fourth-order valence-electron chi connectivity index (χ4n) is 3.66. The van der Waals surface area contributed by atoms with Gasteiger partial charge in [0.1, 0.15) is 10.8 Å². The number of hydrogen-bond acceptors (Lipinski definition) is 3. The summed E-state index contributed by atoms with van der Waals surface area (Å²) in [6.07, 6.45) is 3.30. The van der Waals surface area contributed by atoms with Crippen LogP contribution in [0.3, 0.4) is 0 Å². The van der Waals surface area contributed by atoms with Crippen molar-refractivity contribution in [1.82, 2.24) is 9.88 Å². The van der Waals surface area contributed by atoms with Crippen molar-refractivity contribution in [2.24, 2.45) is 0 Å². The molecule has 4 rings (SSSR count). The average molecular weight is 380 g/mol. The summed E-state index contributed by atoms with van der Waals surface area (Å²) in [5.41, 5.74) is 2.78. The van der Waals surface area contributed by atoms with E-state index in [0.29, 0.717) is 6.42 Å². The molecule has 138 valence electrons. The number of amides is 1. The van der Waals surface area contributed by atoms with Gasteiger partial charge in [-0.25, -0.2) is 9.37 Å². The van der Waals surface area contributed by atoms with Gasteiger partial charge in [0.2, 0.25) is 5.91 Å². The SMILES string of the molecule is O=C(Cc1csc(-c2cccc(F)c2)n1)N1CCCC1Cc1ccccc1. The van der Waals surface area contributed by atoms with Crippen LogP contribution >= 0.6 is 11.3 Å². The Balaban J connectivity index is 1.43. The maximum absolute atomic E-state index is 13.4. The number of nitrogens with zero attached hydrogens (tertiary/aromatic N) is 2. The third-order valence-corrected chi connectivity index (χ3v) is 5.91. The molecule has 1 aliphatic rings. The summed E-state index contributed by atoms with van der Waals surface area (Å²) in [6, 6.07) is 17.0. The number of carbonyl (C=O) groups is 1. The van der Waals surface area contributed by atoms with Gasteiger partial charge >= 0.3 is 0 Å². The van der Waals surface area contributed by atoms with E-state index in [0.717, 1.165) is 42.1 Å². The highest BCUT2D eigenvalue weighted by Gasteiger charge is 2.29. The lowest BCUT2D eigenvalue weighted by atomic mass is 10.0. The quantitative estimate of drug-likeness (QED) is 0.641. The molecule has 1 unspecified atom stereocenters. The van der Waals surface area contributed by atoms with E-state index in [4.69, 9.17) is 0 Å². The van der Waals surface area contributed by atoms with Gasteiger partial charge in [-0.15, -0.1) is 11.3 Å². The zero-order chi connectivity index (χ0) is 18.6. The molecule has 0 N–H and O–H groups in total. The molecule has 1 atom stereocenters. The van der Waals surface area contributed by atoms with Crippen molar-refractivity contribution >= 4 is 17.2 Å². The first-order chi connectivity index (χ1) is 13.2. The first kappa shape index (κ1) is 17.9. The van der Waals surface area contributed by atoms with Crippen LogP contribution in [0.4, 0.5) is 4.39 Å². The van der Waals surface area contributed by atoms with Gasteiger partial charge in [0, 0.05) is 23.5 Å².